The lowest BCUT2D eigenvalue weighted by molar-refractivity contribution is -0.142. The van der Waals surface area contributed by atoms with E-state index < -0.39 is 35.0 Å². The minimum atomic E-state index is -0.615. The van der Waals surface area contributed by atoms with Crippen molar-refractivity contribution in [3.63, 3.8) is 0 Å². The smallest absolute Gasteiger partial charge is 0.246 e. The van der Waals surface area contributed by atoms with Gasteiger partial charge in [0.2, 0.25) is 23.6 Å². The van der Waals surface area contributed by atoms with E-state index in [1.807, 2.05) is 41.7 Å². The Bertz CT molecular complexity index is 1680. The van der Waals surface area contributed by atoms with Gasteiger partial charge in [-0.1, -0.05) is 57.3 Å². The fourth-order valence-corrected chi connectivity index (χ4v) is 11.6. The van der Waals surface area contributed by atoms with Crippen molar-refractivity contribution >= 4 is 81.6 Å². The largest absolute Gasteiger partial charge is 0.378 e. The van der Waals surface area contributed by atoms with Gasteiger partial charge in [0.05, 0.1) is 72.0 Å². The third kappa shape index (κ3) is 11.8. The third-order valence-corrected chi connectivity index (χ3v) is 14.8. The fourth-order valence-electron chi connectivity index (χ4n) is 8.07. The monoisotopic (exact) mass is 897 g/mol. The van der Waals surface area contributed by atoms with Crippen LogP contribution in [0.5, 0.6) is 0 Å². The highest BCUT2D eigenvalue weighted by Crippen LogP contribution is 2.47. The molecule has 4 aliphatic heterocycles. The normalized spacial score (nSPS) is 27.2. The first-order valence-corrected chi connectivity index (χ1v) is 23.4. The van der Waals surface area contributed by atoms with Crippen molar-refractivity contribution in [3.8, 4) is 0 Å². The molecule has 0 aromatic carbocycles. The first-order valence-electron chi connectivity index (χ1n) is 20.5. The Morgan fingerprint density at radius 3 is 1.88 bits per heavy atom. The Morgan fingerprint density at radius 2 is 1.37 bits per heavy atom. The van der Waals surface area contributed by atoms with E-state index in [2.05, 4.69) is 36.9 Å². The molecular formula is C38H63N11O6S4. The molecule has 330 valence electrons. The molecule has 4 aliphatic rings. The highest BCUT2D eigenvalue weighted by atomic mass is 32.2. The molecule has 5 rings (SSSR count). The van der Waals surface area contributed by atoms with Crippen LogP contribution in [0.15, 0.2) is 6.20 Å². The van der Waals surface area contributed by atoms with Gasteiger partial charge in [0, 0.05) is 13.1 Å². The van der Waals surface area contributed by atoms with Crippen LogP contribution in [-0.2, 0) is 41.8 Å². The van der Waals surface area contributed by atoms with Gasteiger partial charge in [0.15, 0.2) is 0 Å². The second-order valence-corrected chi connectivity index (χ2v) is 20.5. The summed E-state index contributed by atoms with van der Waals surface area (Å²) >= 11 is 14.3. The maximum Gasteiger partial charge on any atom is 0.246 e. The van der Waals surface area contributed by atoms with Crippen LogP contribution in [0, 0.1) is 10.8 Å². The first kappa shape index (κ1) is 47.4. The number of nitrogens with one attached hydrogen (secondary N) is 5. The van der Waals surface area contributed by atoms with Crippen molar-refractivity contribution in [1.82, 2.24) is 51.4 Å². The lowest BCUT2D eigenvalue weighted by Gasteiger charge is -2.34. The average molecular weight is 898 g/mol. The molecule has 0 radical (unpaired) electrons. The third-order valence-electron chi connectivity index (χ3n) is 11.4. The number of carbonyl (C=O) groups is 4. The standard InChI is InChI=1S/C38H63N11O6S4/c1-22(39)33(56)43-25-8-16-58-27-18-37(3,4)29(48(27)35(25)52)31(50)41-10-13-54-15-12-47-20-24(45-46-47)21-55-14-11-42-32(51)30-38(5,6)19-28-49(30)36(53)26(9-17-59-28)44-34(57)23(2)40-7/h20,22-23,25-30,40H,8-19,21,39H2,1-7H3,(H,41,50)(H,42,51)(H,43,56)(H,44,57)/t22-,23-,25-,26-,27?,28?,29+,30+/m0/s1. The van der Waals surface area contributed by atoms with Gasteiger partial charge in [-0.3, -0.25) is 19.2 Å². The van der Waals surface area contributed by atoms with E-state index in [1.165, 1.54) is 0 Å². The van der Waals surface area contributed by atoms with Gasteiger partial charge in [-0.2, -0.15) is 0 Å². The molecule has 59 heavy (non-hydrogen) atoms. The molecule has 1 aromatic rings. The molecule has 1 aromatic heterocycles. The summed E-state index contributed by atoms with van der Waals surface area (Å²) in [6, 6.07) is -2.65. The molecule has 7 N–H and O–H groups in total. The molecule has 0 bridgehead atoms. The van der Waals surface area contributed by atoms with Gasteiger partial charge in [-0.15, -0.1) is 28.6 Å². The molecule has 0 saturated carbocycles. The van der Waals surface area contributed by atoms with Gasteiger partial charge in [0.1, 0.15) is 29.9 Å². The SMILES string of the molecule is CN[C@@H](C)C(=S)N[C@H]1CCSC2CC(C)(C)[C@@H](C(=O)NCCOCc3cn(CCOCCNC(=O)[C@H]4N5C(=O)[C@@H](NC(=S)[C@H](C)N)CCSC5CC4(C)C)nn3)N2C1=O. The Morgan fingerprint density at radius 1 is 0.864 bits per heavy atom. The molecule has 17 nitrogen and oxygen atoms in total. The zero-order valence-electron chi connectivity index (χ0n) is 35.3. The number of thioether (sulfide) groups is 2. The fraction of sp³-hybridized carbons (Fsp3) is 0.789. The van der Waals surface area contributed by atoms with E-state index in [-0.39, 0.29) is 66.2 Å². The van der Waals surface area contributed by atoms with E-state index in [4.69, 9.17) is 39.6 Å². The predicted octanol–water partition coefficient (Wildman–Crippen LogP) is 0.750. The number of ether oxygens (including phenoxy) is 2. The number of nitrogens with two attached hydrogens (primary N) is 1. The average Bonchev–Trinajstić information content (AvgIpc) is 3.77. The van der Waals surface area contributed by atoms with Crippen molar-refractivity contribution < 1.29 is 28.7 Å². The van der Waals surface area contributed by atoms with E-state index in [1.54, 1.807) is 51.1 Å². The molecule has 4 amide bonds. The number of aromatic nitrogens is 3. The molecular weight excluding hydrogens is 835 g/mol. The number of rotatable bonds is 18. The number of nitrogens with zero attached hydrogens (tertiary/aromatic N) is 5. The molecule has 21 heteroatoms. The Hall–Kier alpha value is -2.66. The molecule has 0 spiro atoms. The second-order valence-electron chi connectivity index (χ2n) is 17.1. The quantitative estimate of drug-likeness (QED) is 0.0888. The van der Waals surface area contributed by atoms with Crippen molar-refractivity contribution in [2.45, 2.75) is 127 Å². The van der Waals surface area contributed by atoms with Gasteiger partial charge >= 0.3 is 0 Å². The Labute approximate surface area is 367 Å². The maximum absolute atomic E-state index is 13.8. The molecule has 5 heterocycles. The van der Waals surface area contributed by atoms with E-state index >= 15 is 0 Å². The molecule has 8 atom stereocenters. The molecule has 4 saturated heterocycles. The Kier molecular flexibility index (Phi) is 16.8. The highest BCUT2D eigenvalue weighted by molar-refractivity contribution is 8.00. The zero-order chi connectivity index (χ0) is 43.1. The lowest BCUT2D eigenvalue weighted by atomic mass is 9.84. The maximum atomic E-state index is 13.8. The highest BCUT2D eigenvalue weighted by Gasteiger charge is 2.55. The van der Waals surface area contributed by atoms with Crippen LogP contribution in [-0.4, -0.2) is 157 Å². The second kappa shape index (κ2) is 20.9. The van der Waals surface area contributed by atoms with E-state index in [9.17, 15) is 19.2 Å². The number of hydrogen-bond acceptors (Lipinski definition) is 14. The van der Waals surface area contributed by atoms with E-state index in [0.29, 0.717) is 54.8 Å². The first-order chi connectivity index (χ1) is 27.9. The van der Waals surface area contributed by atoms with Crippen LogP contribution in [0.3, 0.4) is 0 Å². The lowest BCUT2D eigenvalue weighted by Crippen LogP contribution is -2.57. The minimum Gasteiger partial charge on any atom is -0.378 e. The minimum absolute atomic E-state index is 0.0709. The number of amides is 4. The summed E-state index contributed by atoms with van der Waals surface area (Å²) in [6.45, 7) is 14.0. The number of carbonyl (C=O) groups excluding carboxylic acids is 4. The van der Waals surface area contributed by atoms with Gasteiger partial charge in [0.25, 0.3) is 0 Å². The summed E-state index contributed by atoms with van der Waals surface area (Å²) in [5.74, 6) is 0.973. The molecule has 0 aliphatic carbocycles. The summed E-state index contributed by atoms with van der Waals surface area (Å²) in [7, 11) is 1.82. The molecule has 4 fully saturated rings. The summed E-state index contributed by atoms with van der Waals surface area (Å²) in [5.41, 5.74) is 5.76. The summed E-state index contributed by atoms with van der Waals surface area (Å²) in [4.78, 5) is 59.2. The summed E-state index contributed by atoms with van der Waals surface area (Å²) < 4.78 is 13.2. The Balaban J connectivity index is 0.998. The van der Waals surface area contributed by atoms with Crippen LogP contribution in [0.4, 0.5) is 0 Å². The number of hydrogen-bond donors (Lipinski definition) is 6. The number of fused-ring (bicyclic) bond motifs is 2. The number of likely N-dealkylation sites (N-methyl/N-ethyl adjacent to an activating group) is 1. The molecule has 2 unspecified atom stereocenters. The van der Waals surface area contributed by atoms with Crippen molar-refractivity contribution in [2.24, 2.45) is 16.6 Å². The van der Waals surface area contributed by atoms with Gasteiger partial charge in [-0.25, -0.2) is 4.68 Å². The number of thiocarbonyl (C=S) groups is 2. The van der Waals surface area contributed by atoms with Crippen LogP contribution in [0.25, 0.3) is 0 Å². The summed E-state index contributed by atoms with van der Waals surface area (Å²) in [5, 5.41) is 23.7. The van der Waals surface area contributed by atoms with Crippen molar-refractivity contribution in [1.29, 1.82) is 0 Å². The van der Waals surface area contributed by atoms with Crippen LogP contribution in [0.2, 0.25) is 0 Å². The van der Waals surface area contributed by atoms with Gasteiger partial charge < -0.3 is 51.6 Å². The van der Waals surface area contributed by atoms with Crippen LogP contribution in [0.1, 0.15) is 72.9 Å². The van der Waals surface area contributed by atoms with Crippen molar-refractivity contribution in [2.75, 3.05) is 51.5 Å². The zero-order valence-corrected chi connectivity index (χ0v) is 38.6. The van der Waals surface area contributed by atoms with Crippen LogP contribution < -0.4 is 32.3 Å². The van der Waals surface area contributed by atoms with Crippen molar-refractivity contribution in [3.05, 3.63) is 11.9 Å². The van der Waals surface area contributed by atoms with Gasteiger partial charge in [-0.05, 0) is 68.9 Å². The summed E-state index contributed by atoms with van der Waals surface area (Å²) in [6.07, 6.45) is 4.48. The predicted molar refractivity (Wildman–Crippen MR) is 238 cm³/mol. The van der Waals surface area contributed by atoms with Crippen LogP contribution >= 0.6 is 48.0 Å². The van der Waals surface area contributed by atoms with E-state index in [0.717, 1.165) is 24.3 Å². The topological polar surface area (TPSA) is 210 Å².